The van der Waals surface area contributed by atoms with Crippen LogP contribution in [0.1, 0.15) is 28.8 Å². The SMILES string of the molecule is Cc1c(F)cccc1C(=O)N1CCN(CCN2CCCC2)CC(O)C1. The van der Waals surface area contributed by atoms with Crippen LogP contribution >= 0.6 is 0 Å². The van der Waals surface area contributed by atoms with Crippen molar-refractivity contribution in [3.05, 3.63) is 35.1 Å². The number of nitrogens with zero attached hydrogens (tertiary/aromatic N) is 3. The number of rotatable bonds is 4. The minimum atomic E-state index is -0.570. The van der Waals surface area contributed by atoms with Crippen LogP contribution in [-0.4, -0.2) is 84.2 Å². The molecule has 1 amide bonds. The van der Waals surface area contributed by atoms with Crippen molar-refractivity contribution in [1.82, 2.24) is 14.7 Å². The molecule has 25 heavy (non-hydrogen) atoms. The fourth-order valence-electron chi connectivity index (χ4n) is 3.74. The number of carbonyl (C=O) groups is 1. The van der Waals surface area contributed by atoms with E-state index in [-0.39, 0.29) is 11.7 Å². The fourth-order valence-corrected chi connectivity index (χ4v) is 3.74. The average Bonchev–Trinajstić information content (AvgIpc) is 3.04. The molecule has 0 aliphatic carbocycles. The molecular weight excluding hydrogens is 321 g/mol. The van der Waals surface area contributed by atoms with Gasteiger partial charge in [0.15, 0.2) is 0 Å². The molecule has 1 atom stereocenters. The van der Waals surface area contributed by atoms with E-state index in [1.54, 1.807) is 24.0 Å². The maximum absolute atomic E-state index is 13.7. The normalized spacial score (nSPS) is 23.0. The molecule has 1 aromatic rings. The van der Waals surface area contributed by atoms with Crippen LogP contribution in [0.15, 0.2) is 18.2 Å². The first-order valence-electron chi connectivity index (χ1n) is 9.22. The molecule has 2 aliphatic rings. The Morgan fingerprint density at radius 3 is 2.60 bits per heavy atom. The molecule has 0 aromatic heterocycles. The van der Waals surface area contributed by atoms with Gasteiger partial charge in [0.05, 0.1) is 6.10 Å². The Balaban J connectivity index is 1.60. The average molecular weight is 349 g/mol. The molecule has 3 rings (SSSR count). The van der Waals surface area contributed by atoms with Gasteiger partial charge in [-0.1, -0.05) is 6.07 Å². The van der Waals surface area contributed by atoms with Crippen LogP contribution in [0.4, 0.5) is 4.39 Å². The van der Waals surface area contributed by atoms with Gasteiger partial charge in [0, 0.05) is 44.8 Å². The first-order valence-corrected chi connectivity index (χ1v) is 9.22. The van der Waals surface area contributed by atoms with Crippen molar-refractivity contribution < 1.29 is 14.3 Å². The number of amides is 1. The molecule has 6 heteroatoms. The smallest absolute Gasteiger partial charge is 0.254 e. The lowest BCUT2D eigenvalue weighted by atomic mass is 10.1. The number of β-amino-alcohol motifs (C(OH)–C–C–N with tert-alkyl or cyclic N) is 1. The second-order valence-corrected chi connectivity index (χ2v) is 7.17. The van der Waals surface area contributed by atoms with E-state index in [0.29, 0.717) is 30.8 Å². The van der Waals surface area contributed by atoms with Gasteiger partial charge in [-0.05, 0) is 50.6 Å². The Bertz CT molecular complexity index is 604. The van der Waals surface area contributed by atoms with Crippen molar-refractivity contribution >= 4 is 5.91 Å². The third-order valence-electron chi connectivity index (χ3n) is 5.30. The number of carbonyl (C=O) groups excluding carboxylic acids is 1. The van der Waals surface area contributed by atoms with Gasteiger partial charge in [0.2, 0.25) is 0 Å². The number of likely N-dealkylation sites (tertiary alicyclic amines) is 1. The summed E-state index contributed by atoms with van der Waals surface area (Å²) >= 11 is 0. The molecule has 0 bridgehead atoms. The summed E-state index contributed by atoms with van der Waals surface area (Å²) in [6, 6.07) is 4.58. The zero-order valence-electron chi connectivity index (χ0n) is 15.0. The molecule has 1 unspecified atom stereocenters. The quantitative estimate of drug-likeness (QED) is 0.891. The number of aliphatic hydroxyl groups excluding tert-OH is 1. The summed E-state index contributed by atoms with van der Waals surface area (Å²) in [4.78, 5) is 19.1. The van der Waals surface area contributed by atoms with Crippen molar-refractivity contribution in [2.75, 3.05) is 52.4 Å². The number of benzene rings is 1. The van der Waals surface area contributed by atoms with E-state index in [1.807, 2.05) is 0 Å². The molecule has 2 heterocycles. The molecule has 5 nitrogen and oxygen atoms in total. The Labute approximate surface area is 149 Å². The molecule has 138 valence electrons. The van der Waals surface area contributed by atoms with Gasteiger partial charge in [-0.3, -0.25) is 9.69 Å². The number of hydrogen-bond acceptors (Lipinski definition) is 4. The molecule has 2 fully saturated rings. The predicted octanol–water partition coefficient (Wildman–Crippen LogP) is 1.35. The molecule has 0 spiro atoms. The zero-order chi connectivity index (χ0) is 17.8. The standard InChI is InChI=1S/C19H28FN3O2/c1-15-17(5-4-6-18(15)20)19(25)23-12-11-22(13-16(24)14-23)10-9-21-7-2-3-8-21/h4-6,16,24H,2-3,7-14H2,1H3. The van der Waals surface area contributed by atoms with Gasteiger partial charge in [-0.2, -0.15) is 0 Å². The van der Waals surface area contributed by atoms with Gasteiger partial charge < -0.3 is 14.9 Å². The van der Waals surface area contributed by atoms with Gasteiger partial charge >= 0.3 is 0 Å². The largest absolute Gasteiger partial charge is 0.390 e. The van der Waals surface area contributed by atoms with Gasteiger partial charge in [-0.25, -0.2) is 4.39 Å². The highest BCUT2D eigenvalue weighted by molar-refractivity contribution is 5.95. The summed E-state index contributed by atoms with van der Waals surface area (Å²) in [7, 11) is 0. The Hall–Kier alpha value is -1.50. The van der Waals surface area contributed by atoms with Crippen molar-refractivity contribution in [1.29, 1.82) is 0 Å². The Morgan fingerprint density at radius 2 is 1.84 bits per heavy atom. The lowest BCUT2D eigenvalue weighted by Crippen LogP contribution is -2.38. The van der Waals surface area contributed by atoms with E-state index >= 15 is 0 Å². The number of halogens is 1. The van der Waals surface area contributed by atoms with E-state index in [9.17, 15) is 14.3 Å². The maximum atomic E-state index is 13.7. The molecule has 0 saturated carbocycles. The third kappa shape index (κ3) is 4.57. The predicted molar refractivity (Wildman–Crippen MR) is 95.2 cm³/mol. The fraction of sp³-hybridized carbons (Fsp3) is 0.632. The molecule has 2 aliphatic heterocycles. The van der Waals surface area contributed by atoms with Gasteiger partial charge in [0.25, 0.3) is 5.91 Å². The van der Waals surface area contributed by atoms with E-state index in [0.717, 1.165) is 19.6 Å². The summed E-state index contributed by atoms with van der Waals surface area (Å²) in [5.74, 6) is -0.564. The minimum absolute atomic E-state index is 0.197. The minimum Gasteiger partial charge on any atom is -0.390 e. The summed E-state index contributed by atoms with van der Waals surface area (Å²) in [6.45, 7) is 8.08. The summed E-state index contributed by atoms with van der Waals surface area (Å²) in [5.41, 5.74) is 0.759. The summed E-state index contributed by atoms with van der Waals surface area (Å²) in [5, 5.41) is 10.3. The lowest BCUT2D eigenvalue weighted by molar-refractivity contribution is 0.0661. The molecular formula is C19H28FN3O2. The second-order valence-electron chi connectivity index (χ2n) is 7.17. The van der Waals surface area contributed by atoms with Crippen molar-refractivity contribution in [2.24, 2.45) is 0 Å². The summed E-state index contributed by atoms with van der Waals surface area (Å²) in [6.07, 6.45) is 1.98. The first-order chi connectivity index (χ1) is 12.0. The van der Waals surface area contributed by atoms with Crippen LogP contribution in [0, 0.1) is 12.7 Å². The maximum Gasteiger partial charge on any atom is 0.254 e. The zero-order valence-corrected chi connectivity index (χ0v) is 15.0. The van der Waals surface area contributed by atoms with Crippen LogP contribution < -0.4 is 0 Å². The highest BCUT2D eigenvalue weighted by atomic mass is 19.1. The third-order valence-corrected chi connectivity index (χ3v) is 5.30. The topological polar surface area (TPSA) is 47.0 Å². The van der Waals surface area contributed by atoms with Crippen LogP contribution in [0.2, 0.25) is 0 Å². The summed E-state index contributed by atoms with van der Waals surface area (Å²) < 4.78 is 13.7. The van der Waals surface area contributed by atoms with Gasteiger partial charge in [-0.15, -0.1) is 0 Å². The second kappa shape index (κ2) is 8.25. The van der Waals surface area contributed by atoms with Crippen LogP contribution in [0.5, 0.6) is 0 Å². The molecule has 1 aromatic carbocycles. The van der Waals surface area contributed by atoms with Crippen molar-refractivity contribution in [3.8, 4) is 0 Å². The molecule has 1 N–H and O–H groups in total. The molecule has 2 saturated heterocycles. The monoisotopic (exact) mass is 349 g/mol. The number of aliphatic hydroxyl groups is 1. The molecule has 0 radical (unpaired) electrons. The van der Waals surface area contributed by atoms with Crippen molar-refractivity contribution in [2.45, 2.75) is 25.9 Å². The highest BCUT2D eigenvalue weighted by Gasteiger charge is 2.26. The van der Waals surface area contributed by atoms with E-state index in [4.69, 9.17) is 0 Å². The Kier molecular flexibility index (Phi) is 6.04. The highest BCUT2D eigenvalue weighted by Crippen LogP contribution is 2.16. The van der Waals surface area contributed by atoms with Crippen molar-refractivity contribution in [3.63, 3.8) is 0 Å². The van der Waals surface area contributed by atoms with Crippen LogP contribution in [-0.2, 0) is 0 Å². The number of hydrogen-bond donors (Lipinski definition) is 1. The van der Waals surface area contributed by atoms with E-state index < -0.39 is 6.10 Å². The van der Waals surface area contributed by atoms with E-state index in [2.05, 4.69) is 9.80 Å². The van der Waals surface area contributed by atoms with E-state index in [1.165, 1.54) is 32.0 Å². The lowest BCUT2D eigenvalue weighted by Gasteiger charge is -2.24. The van der Waals surface area contributed by atoms with Crippen LogP contribution in [0.25, 0.3) is 0 Å². The first kappa shape index (κ1) is 18.3. The van der Waals surface area contributed by atoms with Crippen LogP contribution in [0.3, 0.4) is 0 Å². The Morgan fingerprint density at radius 1 is 1.12 bits per heavy atom. The van der Waals surface area contributed by atoms with Gasteiger partial charge in [0.1, 0.15) is 5.82 Å².